The van der Waals surface area contributed by atoms with Gasteiger partial charge in [0, 0.05) is 18.8 Å². The van der Waals surface area contributed by atoms with Crippen molar-refractivity contribution < 1.29 is 4.74 Å². The molecule has 0 spiro atoms. The van der Waals surface area contributed by atoms with Crippen LogP contribution in [0.1, 0.15) is 13.8 Å². The first-order valence-electron chi connectivity index (χ1n) is 7.76. The molecule has 23 heavy (non-hydrogen) atoms. The molecule has 1 saturated heterocycles. The first kappa shape index (κ1) is 14.1. The quantitative estimate of drug-likeness (QED) is 0.728. The lowest BCUT2D eigenvalue weighted by Gasteiger charge is -2.38. The van der Waals surface area contributed by atoms with Gasteiger partial charge in [-0.15, -0.1) is 0 Å². The average Bonchev–Trinajstić information content (AvgIpc) is 2.98. The number of hydrogen-bond acceptors (Lipinski definition) is 5. The molecule has 0 radical (unpaired) electrons. The highest BCUT2D eigenvalue weighted by Gasteiger charge is 2.29. The van der Waals surface area contributed by atoms with Gasteiger partial charge in [0.25, 0.3) is 0 Å². The van der Waals surface area contributed by atoms with Gasteiger partial charge in [-0.25, -0.2) is 15.0 Å². The van der Waals surface area contributed by atoms with Crippen molar-refractivity contribution in [1.29, 1.82) is 0 Å². The van der Waals surface area contributed by atoms with Crippen molar-refractivity contribution in [3.63, 3.8) is 0 Å². The number of anilines is 1. The van der Waals surface area contributed by atoms with E-state index in [0.717, 1.165) is 35.8 Å². The van der Waals surface area contributed by atoms with Crippen LogP contribution >= 0.6 is 0 Å². The van der Waals surface area contributed by atoms with Gasteiger partial charge in [-0.05, 0) is 26.0 Å². The lowest BCUT2D eigenvalue weighted by Crippen LogP contribution is -2.48. The SMILES string of the molecule is CC1(C)CN(c2ncnc3c2ncn3-c2ccccc2)CCO1. The van der Waals surface area contributed by atoms with Crippen molar-refractivity contribution in [2.75, 3.05) is 24.6 Å². The Morgan fingerprint density at radius 3 is 2.70 bits per heavy atom. The molecule has 0 saturated carbocycles. The Labute approximate surface area is 134 Å². The van der Waals surface area contributed by atoms with Crippen molar-refractivity contribution >= 4 is 17.0 Å². The second-order valence-electron chi connectivity index (χ2n) is 6.35. The van der Waals surface area contributed by atoms with Crippen LogP contribution in [0.3, 0.4) is 0 Å². The number of benzene rings is 1. The van der Waals surface area contributed by atoms with Gasteiger partial charge in [0.1, 0.15) is 12.7 Å². The Bertz CT molecular complexity index is 827. The summed E-state index contributed by atoms with van der Waals surface area (Å²) < 4.78 is 7.79. The summed E-state index contributed by atoms with van der Waals surface area (Å²) in [7, 11) is 0. The fourth-order valence-electron chi connectivity index (χ4n) is 3.03. The van der Waals surface area contributed by atoms with Gasteiger partial charge in [-0.3, -0.25) is 4.57 Å². The van der Waals surface area contributed by atoms with E-state index in [4.69, 9.17) is 4.74 Å². The van der Waals surface area contributed by atoms with Crippen LogP contribution in [0.4, 0.5) is 5.82 Å². The molecule has 2 aromatic heterocycles. The largest absolute Gasteiger partial charge is 0.372 e. The lowest BCUT2D eigenvalue weighted by atomic mass is 10.1. The highest BCUT2D eigenvalue weighted by Crippen LogP contribution is 2.27. The lowest BCUT2D eigenvalue weighted by molar-refractivity contribution is -0.0278. The van der Waals surface area contributed by atoms with Crippen molar-refractivity contribution in [1.82, 2.24) is 19.5 Å². The molecule has 0 amide bonds. The van der Waals surface area contributed by atoms with Crippen LogP contribution in [-0.4, -0.2) is 44.8 Å². The normalized spacial score (nSPS) is 17.6. The first-order valence-corrected chi connectivity index (χ1v) is 7.76. The minimum absolute atomic E-state index is 0.183. The molecule has 6 heteroatoms. The molecule has 4 rings (SSSR count). The minimum Gasteiger partial charge on any atom is -0.372 e. The summed E-state index contributed by atoms with van der Waals surface area (Å²) >= 11 is 0. The molecule has 0 atom stereocenters. The van der Waals surface area contributed by atoms with Crippen LogP contribution in [0.25, 0.3) is 16.9 Å². The summed E-state index contributed by atoms with van der Waals surface area (Å²) in [5, 5.41) is 0. The predicted octanol–water partition coefficient (Wildman–Crippen LogP) is 2.43. The molecular weight excluding hydrogens is 290 g/mol. The number of morpholine rings is 1. The Morgan fingerprint density at radius 1 is 1.09 bits per heavy atom. The molecule has 118 valence electrons. The molecule has 1 aliphatic heterocycles. The third-order valence-corrected chi connectivity index (χ3v) is 4.07. The number of fused-ring (bicyclic) bond motifs is 1. The zero-order valence-electron chi connectivity index (χ0n) is 13.3. The van der Waals surface area contributed by atoms with Gasteiger partial charge >= 0.3 is 0 Å². The van der Waals surface area contributed by atoms with Crippen LogP contribution < -0.4 is 4.90 Å². The van der Waals surface area contributed by atoms with Crippen LogP contribution in [-0.2, 0) is 4.74 Å². The molecule has 0 bridgehead atoms. The number of aromatic nitrogens is 4. The Kier molecular flexibility index (Phi) is 3.27. The predicted molar refractivity (Wildman–Crippen MR) is 88.9 cm³/mol. The fourth-order valence-corrected chi connectivity index (χ4v) is 3.03. The van der Waals surface area contributed by atoms with Crippen LogP contribution in [0.5, 0.6) is 0 Å². The van der Waals surface area contributed by atoms with E-state index in [1.807, 2.05) is 41.2 Å². The molecule has 0 aliphatic carbocycles. The van der Waals surface area contributed by atoms with Crippen molar-refractivity contribution in [3.8, 4) is 5.69 Å². The maximum Gasteiger partial charge on any atom is 0.170 e. The average molecular weight is 309 g/mol. The number of ether oxygens (including phenoxy) is 1. The van der Waals surface area contributed by atoms with Gasteiger partial charge in [-0.1, -0.05) is 18.2 Å². The number of para-hydroxylation sites is 1. The van der Waals surface area contributed by atoms with Crippen LogP contribution in [0, 0.1) is 0 Å². The van der Waals surface area contributed by atoms with Crippen LogP contribution in [0.15, 0.2) is 43.0 Å². The maximum absolute atomic E-state index is 5.79. The van der Waals surface area contributed by atoms with Gasteiger partial charge in [0.05, 0.1) is 12.2 Å². The molecule has 1 fully saturated rings. The van der Waals surface area contributed by atoms with Crippen molar-refractivity contribution in [2.24, 2.45) is 0 Å². The van der Waals surface area contributed by atoms with E-state index in [1.165, 1.54) is 0 Å². The summed E-state index contributed by atoms with van der Waals surface area (Å²) in [6.07, 6.45) is 3.42. The number of rotatable bonds is 2. The topological polar surface area (TPSA) is 56.1 Å². The minimum atomic E-state index is -0.183. The standard InChI is InChI=1S/C17H19N5O/c1-17(2)10-21(8-9-23-17)15-14-16(19-11-18-15)22(12-20-14)13-6-4-3-5-7-13/h3-7,11-12H,8-10H2,1-2H3. The van der Waals surface area contributed by atoms with E-state index >= 15 is 0 Å². The van der Waals surface area contributed by atoms with Gasteiger partial charge in [0.2, 0.25) is 0 Å². The Balaban J connectivity index is 1.79. The highest BCUT2D eigenvalue weighted by atomic mass is 16.5. The second-order valence-corrected chi connectivity index (χ2v) is 6.35. The third-order valence-electron chi connectivity index (χ3n) is 4.07. The fraction of sp³-hybridized carbons (Fsp3) is 0.353. The summed E-state index contributed by atoms with van der Waals surface area (Å²) in [5.74, 6) is 0.876. The summed E-state index contributed by atoms with van der Waals surface area (Å²) in [5.41, 5.74) is 2.51. The summed E-state index contributed by atoms with van der Waals surface area (Å²) in [6, 6.07) is 10.1. The molecule has 3 aromatic rings. The summed E-state index contributed by atoms with van der Waals surface area (Å²) in [6.45, 7) is 6.49. The number of nitrogens with zero attached hydrogens (tertiary/aromatic N) is 5. The molecule has 1 aromatic carbocycles. The van der Waals surface area contributed by atoms with E-state index in [2.05, 4.69) is 33.7 Å². The van der Waals surface area contributed by atoms with Gasteiger partial charge in [0.15, 0.2) is 17.0 Å². The zero-order valence-corrected chi connectivity index (χ0v) is 13.3. The molecule has 0 unspecified atom stereocenters. The van der Waals surface area contributed by atoms with Gasteiger partial charge in [-0.2, -0.15) is 0 Å². The third kappa shape index (κ3) is 2.55. The zero-order chi connectivity index (χ0) is 15.9. The first-order chi connectivity index (χ1) is 11.1. The van der Waals surface area contributed by atoms with Crippen molar-refractivity contribution in [2.45, 2.75) is 19.4 Å². The van der Waals surface area contributed by atoms with Crippen molar-refractivity contribution in [3.05, 3.63) is 43.0 Å². The van der Waals surface area contributed by atoms with E-state index in [1.54, 1.807) is 6.33 Å². The maximum atomic E-state index is 5.79. The second kappa shape index (κ2) is 5.31. The summed E-state index contributed by atoms with van der Waals surface area (Å²) in [4.78, 5) is 15.7. The van der Waals surface area contributed by atoms with E-state index < -0.39 is 0 Å². The molecular formula is C17H19N5O. The highest BCUT2D eigenvalue weighted by molar-refractivity contribution is 5.84. The smallest absolute Gasteiger partial charge is 0.170 e. The molecule has 0 N–H and O–H groups in total. The number of imidazole rings is 1. The molecule has 1 aliphatic rings. The van der Waals surface area contributed by atoms with E-state index in [-0.39, 0.29) is 5.60 Å². The monoisotopic (exact) mass is 309 g/mol. The van der Waals surface area contributed by atoms with E-state index in [0.29, 0.717) is 6.61 Å². The Hall–Kier alpha value is -2.47. The van der Waals surface area contributed by atoms with E-state index in [9.17, 15) is 0 Å². The molecule has 3 heterocycles. The molecule has 6 nitrogen and oxygen atoms in total. The Morgan fingerprint density at radius 2 is 1.91 bits per heavy atom. The van der Waals surface area contributed by atoms with Gasteiger partial charge < -0.3 is 9.64 Å². The number of hydrogen-bond donors (Lipinski definition) is 0. The van der Waals surface area contributed by atoms with Crippen LogP contribution in [0.2, 0.25) is 0 Å².